The van der Waals surface area contributed by atoms with Gasteiger partial charge < -0.3 is 10.1 Å². The summed E-state index contributed by atoms with van der Waals surface area (Å²) in [5, 5.41) is 3.48. The maximum atomic E-state index is 5.86. The molecule has 1 N–H and O–H groups in total. The van der Waals surface area contributed by atoms with Crippen LogP contribution in [0.2, 0.25) is 5.15 Å². The Labute approximate surface area is 76.7 Å². The van der Waals surface area contributed by atoms with Crippen LogP contribution in [-0.2, 0) is 6.54 Å². The minimum atomic E-state index is 0.490. The van der Waals surface area contributed by atoms with Crippen LogP contribution in [0.4, 0.5) is 0 Å². The van der Waals surface area contributed by atoms with Gasteiger partial charge in [-0.1, -0.05) is 11.6 Å². The summed E-state index contributed by atoms with van der Waals surface area (Å²) < 4.78 is 5.11. The number of pyridine rings is 1. The van der Waals surface area contributed by atoms with Crippen LogP contribution in [0.15, 0.2) is 12.3 Å². The molecule has 0 fully saturated rings. The van der Waals surface area contributed by atoms with Gasteiger partial charge >= 0.3 is 0 Å². The molecule has 0 aliphatic heterocycles. The Bertz CT molecular complexity index is 265. The first-order valence-corrected chi connectivity index (χ1v) is 3.99. The van der Waals surface area contributed by atoms with Crippen molar-refractivity contribution in [3.63, 3.8) is 0 Å². The molecule has 0 bridgehead atoms. The fraction of sp³-hybridized carbons (Fsp3) is 0.375. The van der Waals surface area contributed by atoms with Gasteiger partial charge in [0.15, 0.2) is 0 Å². The first kappa shape index (κ1) is 9.29. The van der Waals surface area contributed by atoms with Crippen molar-refractivity contribution < 1.29 is 4.74 Å². The van der Waals surface area contributed by atoms with Crippen molar-refractivity contribution in [3.05, 3.63) is 23.0 Å². The van der Waals surface area contributed by atoms with Crippen LogP contribution < -0.4 is 10.1 Å². The first-order valence-electron chi connectivity index (χ1n) is 3.61. The van der Waals surface area contributed by atoms with E-state index in [1.54, 1.807) is 19.4 Å². The summed E-state index contributed by atoms with van der Waals surface area (Å²) >= 11 is 5.86. The van der Waals surface area contributed by atoms with E-state index in [0.29, 0.717) is 11.7 Å². The third-order valence-corrected chi connectivity index (χ3v) is 1.86. The summed E-state index contributed by atoms with van der Waals surface area (Å²) in [6.07, 6.45) is 1.63. The topological polar surface area (TPSA) is 34.1 Å². The zero-order valence-corrected chi connectivity index (χ0v) is 7.85. The van der Waals surface area contributed by atoms with Crippen molar-refractivity contribution >= 4 is 11.6 Å². The van der Waals surface area contributed by atoms with E-state index in [-0.39, 0.29) is 0 Å². The molecule has 0 aliphatic carbocycles. The van der Waals surface area contributed by atoms with Gasteiger partial charge in [-0.3, -0.25) is 0 Å². The summed E-state index contributed by atoms with van der Waals surface area (Å²) in [5.74, 6) is 0.768. The number of methoxy groups -OCH3 is 1. The van der Waals surface area contributed by atoms with Crippen LogP contribution in [0.3, 0.4) is 0 Å². The molecule has 1 heterocycles. The van der Waals surface area contributed by atoms with Gasteiger partial charge in [0.05, 0.1) is 7.11 Å². The van der Waals surface area contributed by atoms with Crippen LogP contribution >= 0.6 is 11.6 Å². The predicted molar refractivity (Wildman–Crippen MR) is 48.6 cm³/mol. The van der Waals surface area contributed by atoms with E-state index >= 15 is 0 Å². The van der Waals surface area contributed by atoms with Crippen molar-refractivity contribution in [2.24, 2.45) is 0 Å². The van der Waals surface area contributed by atoms with E-state index in [0.717, 1.165) is 11.3 Å². The van der Waals surface area contributed by atoms with Gasteiger partial charge in [0.2, 0.25) is 0 Å². The third kappa shape index (κ3) is 1.87. The molecule has 0 amide bonds. The lowest BCUT2D eigenvalue weighted by Crippen LogP contribution is -2.07. The van der Waals surface area contributed by atoms with Crippen LogP contribution in [-0.4, -0.2) is 19.1 Å². The van der Waals surface area contributed by atoms with Crippen LogP contribution in [0, 0.1) is 0 Å². The zero-order valence-electron chi connectivity index (χ0n) is 7.10. The highest BCUT2D eigenvalue weighted by Crippen LogP contribution is 2.23. The minimum absolute atomic E-state index is 0.490. The van der Waals surface area contributed by atoms with Gasteiger partial charge in [-0.2, -0.15) is 0 Å². The summed E-state index contributed by atoms with van der Waals surface area (Å²) in [5.41, 5.74) is 0.893. The molecule has 1 aromatic heterocycles. The Hall–Kier alpha value is -0.800. The smallest absolute Gasteiger partial charge is 0.137 e. The summed E-state index contributed by atoms with van der Waals surface area (Å²) in [7, 11) is 3.47. The molecule has 3 nitrogen and oxygen atoms in total. The largest absolute Gasteiger partial charge is 0.496 e. The molecule has 0 atom stereocenters. The number of hydrogen-bond donors (Lipinski definition) is 1. The van der Waals surface area contributed by atoms with Gasteiger partial charge in [0, 0.05) is 18.3 Å². The molecule has 0 saturated carbocycles. The number of aromatic nitrogens is 1. The number of halogens is 1. The average Bonchev–Trinajstić information content (AvgIpc) is 2.09. The molecular formula is C8H11ClN2O. The maximum Gasteiger partial charge on any atom is 0.137 e. The lowest BCUT2D eigenvalue weighted by Gasteiger charge is -2.07. The van der Waals surface area contributed by atoms with E-state index in [1.807, 2.05) is 7.05 Å². The molecule has 1 rings (SSSR count). The normalized spacial score (nSPS) is 9.92. The van der Waals surface area contributed by atoms with Crippen LogP contribution in [0.1, 0.15) is 5.56 Å². The standard InChI is InChI=1S/C8H11ClN2O/c1-10-5-6-7(12-2)3-4-11-8(6)9/h3-4,10H,5H2,1-2H3. The maximum absolute atomic E-state index is 5.86. The summed E-state index contributed by atoms with van der Waals surface area (Å²) in [4.78, 5) is 3.95. The van der Waals surface area contributed by atoms with E-state index in [1.165, 1.54) is 0 Å². The first-order chi connectivity index (χ1) is 5.79. The summed E-state index contributed by atoms with van der Waals surface area (Å²) in [6.45, 7) is 0.663. The second kappa shape index (κ2) is 4.28. The number of nitrogens with zero attached hydrogens (tertiary/aromatic N) is 1. The lowest BCUT2D eigenvalue weighted by atomic mass is 10.2. The Morgan fingerprint density at radius 3 is 3.00 bits per heavy atom. The van der Waals surface area contributed by atoms with Gasteiger partial charge in [0.25, 0.3) is 0 Å². The lowest BCUT2D eigenvalue weighted by molar-refractivity contribution is 0.408. The Kier molecular flexibility index (Phi) is 3.31. The molecule has 66 valence electrons. The van der Waals surface area contributed by atoms with Gasteiger partial charge in [-0.25, -0.2) is 4.98 Å². The predicted octanol–water partition coefficient (Wildman–Crippen LogP) is 1.46. The second-order valence-corrected chi connectivity index (χ2v) is 2.67. The Morgan fingerprint density at radius 1 is 1.67 bits per heavy atom. The van der Waals surface area contributed by atoms with Crippen molar-refractivity contribution in [2.75, 3.05) is 14.2 Å². The van der Waals surface area contributed by atoms with E-state index < -0.39 is 0 Å². The minimum Gasteiger partial charge on any atom is -0.496 e. The fourth-order valence-electron chi connectivity index (χ4n) is 0.979. The Balaban J connectivity index is 3.02. The van der Waals surface area contributed by atoms with Crippen molar-refractivity contribution in [1.82, 2.24) is 10.3 Å². The van der Waals surface area contributed by atoms with Crippen LogP contribution in [0.25, 0.3) is 0 Å². The highest BCUT2D eigenvalue weighted by atomic mass is 35.5. The number of rotatable bonds is 3. The van der Waals surface area contributed by atoms with E-state index in [4.69, 9.17) is 16.3 Å². The average molecular weight is 187 g/mol. The van der Waals surface area contributed by atoms with Crippen molar-refractivity contribution in [1.29, 1.82) is 0 Å². The molecule has 4 heteroatoms. The molecule has 0 aliphatic rings. The highest BCUT2D eigenvalue weighted by Gasteiger charge is 2.06. The quantitative estimate of drug-likeness (QED) is 0.726. The number of nitrogens with one attached hydrogen (secondary N) is 1. The second-order valence-electron chi connectivity index (χ2n) is 2.31. The SMILES string of the molecule is CNCc1c(OC)ccnc1Cl. The molecule has 0 aromatic carbocycles. The Morgan fingerprint density at radius 2 is 2.42 bits per heavy atom. The molecule has 0 saturated heterocycles. The molecule has 0 unspecified atom stereocenters. The molecule has 0 spiro atoms. The molecule has 12 heavy (non-hydrogen) atoms. The number of ether oxygens (including phenoxy) is 1. The molecule has 0 radical (unpaired) electrons. The summed E-state index contributed by atoms with van der Waals surface area (Å²) in [6, 6.07) is 1.79. The van der Waals surface area contributed by atoms with Crippen molar-refractivity contribution in [2.45, 2.75) is 6.54 Å². The zero-order chi connectivity index (χ0) is 8.97. The van der Waals surface area contributed by atoms with Gasteiger partial charge in [-0.15, -0.1) is 0 Å². The van der Waals surface area contributed by atoms with Crippen molar-refractivity contribution in [3.8, 4) is 5.75 Å². The highest BCUT2D eigenvalue weighted by molar-refractivity contribution is 6.30. The van der Waals surface area contributed by atoms with Crippen LogP contribution in [0.5, 0.6) is 5.75 Å². The monoisotopic (exact) mass is 186 g/mol. The van der Waals surface area contributed by atoms with E-state index in [9.17, 15) is 0 Å². The molecule has 1 aromatic rings. The number of hydrogen-bond acceptors (Lipinski definition) is 3. The van der Waals surface area contributed by atoms with E-state index in [2.05, 4.69) is 10.3 Å². The van der Waals surface area contributed by atoms with Gasteiger partial charge in [-0.05, 0) is 13.1 Å². The third-order valence-electron chi connectivity index (χ3n) is 1.53. The molecular weight excluding hydrogens is 176 g/mol. The van der Waals surface area contributed by atoms with Gasteiger partial charge in [0.1, 0.15) is 10.9 Å². The fourth-order valence-corrected chi connectivity index (χ4v) is 1.19.